The Hall–Kier alpha value is -2.01. The molecule has 1 atom stereocenters. The van der Waals surface area contributed by atoms with Crippen molar-refractivity contribution in [3.05, 3.63) is 65.0 Å². The van der Waals surface area contributed by atoms with E-state index in [4.69, 9.17) is 4.74 Å². The van der Waals surface area contributed by atoms with Crippen LogP contribution < -0.4 is 10.1 Å². The maximum Gasteiger partial charge on any atom is 0.165 e. The highest BCUT2D eigenvalue weighted by molar-refractivity contribution is 5.37. The van der Waals surface area contributed by atoms with Crippen molar-refractivity contribution in [2.24, 2.45) is 0 Å². The first-order valence-electron chi connectivity index (χ1n) is 6.58. The minimum atomic E-state index is -0.633. The molecule has 0 fully saturated rings. The summed E-state index contributed by atoms with van der Waals surface area (Å²) in [6.07, 6.45) is 0. The molecule has 2 nitrogen and oxygen atoms in total. The number of methoxy groups -OCH3 is 1. The Labute approximate surface area is 121 Å². The van der Waals surface area contributed by atoms with Gasteiger partial charge in [0.15, 0.2) is 11.6 Å². The van der Waals surface area contributed by atoms with E-state index in [1.54, 1.807) is 6.07 Å². The van der Waals surface area contributed by atoms with Crippen LogP contribution in [0, 0.1) is 17.5 Å². The molecule has 0 aliphatic heterocycles. The highest BCUT2D eigenvalue weighted by Crippen LogP contribution is 2.28. The zero-order chi connectivity index (χ0) is 15.4. The van der Waals surface area contributed by atoms with E-state index in [9.17, 15) is 13.2 Å². The Morgan fingerprint density at radius 1 is 1.05 bits per heavy atom. The summed E-state index contributed by atoms with van der Waals surface area (Å²) in [6.45, 7) is 2.36. The van der Waals surface area contributed by atoms with Crippen LogP contribution in [0.3, 0.4) is 0 Å². The van der Waals surface area contributed by atoms with Crippen LogP contribution in [0.25, 0.3) is 0 Å². The van der Waals surface area contributed by atoms with E-state index < -0.39 is 23.5 Å². The van der Waals surface area contributed by atoms with Crippen molar-refractivity contribution >= 4 is 0 Å². The molecule has 5 heteroatoms. The van der Waals surface area contributed by atoms with Crippen molar-refractivity contribution in [1.82, 2.24) is 5.32 Å². The second-order valence-corrected chi connectivity index (χ2v) is 4.55. The number of hydrogen-bond acceptors (Lipinski definition) is 2. The molecular formula is C16H16F3NO. The first-order chi connectivity index (χ1) is 10.1. The first kappa shape index (κ1) is 15.4. The second kappa shape index (κ2) is 6.63. The van der Waals surface area contributed by atoms with Crippen LogP contribution in [0.15, 0.2) is 36.4 Å². The molecule has 21 heavy (non-hydrogen) atoms. The van der Waals surface area contributed by atoms with Gasteiger partial charge in [0.2, 0.25) is 0 Å². The summed E-state index contributed by atoms with van der Waals surface area (Å²) in [5.74, 6) is -1.52. The van der Waals surface area contributed by atoms with Gasteiger partial charge in [0.1, 0.15) is 11.6 Å². The van der Waals surface area contributed by atoms with Gasteiger partial charge in [0.25, 0.3) is 0 Å². The summed E-state index contributed by atoms with van der Waals surface area (Å²) in [6, 6.07) is 6.95. The molecule has 0 aromatic heterocycles. The van der Waals surface area contributed by atoms with E-state index in [1.807, 2.05) is 6.92 Å². The quantitative estimate of drug-likeness (QED) is 0.905. The van der Waals surface area contributed by atoms with Gasteiger partial charge in [-0.15, -0.1) is 0 Å². The van der Waals surface area contributed by atoms with Gasteiger partial charge in [-0.2, -0.15) is 0 Å². The lowest BCUT2D eigenvalue weighted by Gasteiger charge is -2.20. The molecule has 0 heterocycles. The summed E-state index contributed by atoms with van der Waals surface area (Å²) in [7, 11) is 1.37. The normalized spacial score (nSPS) is 12.2. The number of benzene rings is 2. The number of ether oxygens (including phenoxy) is 1. The summed E-state index contributed by atoms with van der Waals surface area (Å²) in [5, 5.41) is 3.03. The Balaban J connectivity index is 2.48. The summed E-state index contributed by atoms with van der Waals surface area (Å²) in [5.41, 5.74) is 0.640. The van der Waals surface area contributed by atoms with Crippen LogP contribution in [0.4, 0.5) is 13.2 Å². The van der Waals surface area contributed by atoms with Crippen LogP contribution in [-0.2, 0) is 0 Å². The average Bonchev–Trinajstić information content (AvgIpc) is 2.47. The molecule has 1 unspecified atom stereocenters. The summed E-state index contributed by atoms with van der Waals surface area (Å²) < 4.78 is 46.0. The molecule has 0 saturated heterocycles. The van der Waals surface area contributed by atoms with Crippen LogP contribution in [-0.4, -0.2) is 13.7 Å². The zero-order valence-corrected chi connectivity index (χ0v) is 11.8. The molecule has 112 valence electrons. The number of rotatable bonds is 5. The molecule has 0 amide bonds. The third kappa shape index (κ3) is 3.36. The third-order valence-corrected chi connectivity index (χ3v) is 3.19. The molecule has 0 aliphatic carbocycles. The molecule has 0 spiro atoms. The van der Waals surface area contributed by atoms with Crippen LogP contribution in [0.2, 0.25) is 0 Å². The Bertz CT molecular complexity index is 631. The van der Waals surface area contributed by atoms with Crippen LogP contribution in [0.1, 0.15) is 24.1 Å². The van der Waals surface area contributed by atoms with Gasteiger partial charge in [0.05, 0.1) is 13.2 Å². The third-order valence-electron chi connectivity index (χ3n) is 3.19. The van der Waals surface area contributed by atoms with Crippen molar-refractivity contribution in [2.75, 3.05) is 13.7 Å². The van der Waals surface area contributed by atoms with Crippen molar-refractivity contribution in [3.8, 4) is 5.75 Å². The molecule has 2 aromatic carbocycles. The lowest BCUT2D eigenvalue weighted by Crippen LogP contribution is -2.23. The fraction of sp³-hybridized carbons (Fsp3) is 0.250. The van der Waals surface area contributed by atoms with Crippen molar-refractivity contribution < 1.29 is 17.9 Å². The fourth-order valence-electron chi connectivity index (χ4n) is 2.21. The molecule has 0 aliphatic rings. The molecular weight excluding hydrogens is 279 g/mol. The smallest absolute Gasteiger partial charge is 0.165 e. The van der Waals surface area contributed by atoms with Gasteiger partial charge in [-0.3, -0.25) is 0 Å². The maximum absolute atomic E-state index is 13.9. The number of halogens is 3. The van der Waals surface area contributed by atoms with E-state index in [2.05, 4.69) is 5.32 Å². The van der Waals surface area contributed by atoms with Gasteiger partial charge in [-0.05, 0) is 42.4 Å². The largest absolute Gasteiger partial charge is 0.494 e. The monoisotopic (exact) mass is 295 g/mol. The van der Waals surface area contributed by atoms with Gasteiger partial charge < -0.3 is 10.1 Å². The fourth-order valence-corrected chi connectivity index (χ4v) is 2.21. The van der Waals surface area contributed by atoms with Crippen molar-refractivity contribution in [1.29, 1.82) is 0 Å². The first-order valence-corrected chi connectivity index (χ1v) is 6.58. The minimum Gasteiger partial charge on any atom is -0.494 e. The van der Waals surface area contributed by atoms with E-state index >= 15 is 0 Å². The minimum absolute atomic E-state index is 0.105. The SMILES string of the molecule is CCNC(c1ccc(OC)c(F)c1)c1cc(F)ccc1F. The predicted molar refractivity (Wildman–Crippen MR) is 74.8 cm³/mol. The lowest BCUT2D eigenvalue weighted by atomic mass is 9.97. The average molecular weight is 295 g/mol. The standard InChI is InChI=1S/C16H16F3NO/c1-3-20-16(12-9-11(17)5-6-13(12)18)10-4-7-15(21-2)14(19)8-10/h4-9,16,20H,3H2,1-2H3. The molecule has 0 saturated carbocycles. The predicted octanol–water partition coefficient (Wildman–Crippen LogP) is 3.81. The van der Waals surface area contributed by atoms with E-state index in [1.165, 1.54) is 19.2 Å². The van der Waals surface area contributed by atoms with Gasteiger partial charge in [-0.1, -0.05) is 13.0 Å². The van der Waals surface area contributed by atoms with E-state index in [0.717, 1.165) is 18.2 Å². The van der Waals surface area contributed by atoms with Crippen LogP contribution >= 0.6 is 0 Å². The summed E-state index contributed by atoms with van der Waals surface area (Å²) in [4.78, 5) is 0. The van der Waals surface area contributed by atoms with Crippen LogP contribution in [0.5, 0.6) is 5.75 Å². The Morgan fingerprint density at radius 3 is 2.43 bits per heavy atom. The maximum atomic E-state index is 13.9. The number of hydrogen-bond donors (Lipinski definition) is 1. The Morgan fingerprint density at radius 2 is 1.81 bits per heavy atom. The van der Waals surface area contributed by atoms with Crippen molar-refractivity contribution in [2.45, 2.75) is 13.0 Å². The van der Waals surface area contributed by atoms with E-state index in [-0.39, 0.29) is 11.3 Å². The van der Waals surface area contributed by atoms with Gasteiger partial charge in [0, 0.05) is 5.56 Å². The van der Waals surface area contributed by atoms with Gasteiger partial charge in [-0.25, -0.2) is 13.2 Å². The lowest BCUT2D eigenvalue weighted by molar-refractivity contribution is 0.385. The molecule has 2 rings (SSSR count). The van der Waals surface area contributed by atoms with E-state index in [0.29, 0.717) is 12.1 Å². The van der Waals surface area contributed by atoms with Gasteiger partial charge >= 0.3 is 0 Å². The second-order valence-electron chi connectivity index (χ2n) is 4.55. The van der Waals surface area contributed by atoms with Crippen molar-refractivity contribution in [3.63, 3.8) is 0 Å². The number of nitrogens with one attached hydrogen (secondary N) is 1. The molecule has 0 radical (unpaired) electrons. The topological polar surface area (TPSA) is 21.3 Å². The molecule has 1 N–H and O–H groups in total. The molecule has 2 aromatic rings. The highest BCUT2D eigenvalue weighted by Gasteiger charge is 2.19. The molecule has 0 bridgehead atoms. The highest BCUT2D eigenvalue weighted by atomic mass is 19.1. The summed E-state index contributed by atoms with van der Waals surface area (Å²) >= 11 is 0. The Kier molecular flexibility index (Phi) is 4.85. The zero-order valence-electron chi connectivity index (χ0n) is 11.8.